The first-order valence-electron chi connectivity index (χ1n) is 7.20. The van der Waals surface area contributed by atoms with Gasteiger partial charge in [-0.2, -0.15) is 0 Å². The molecule has 4 nitrogen and oxygen atoms in total. The molecule has 2 N–H and O–H groups in total. The van der Waals surface area contributed by atoms with Crippen molar-refractivity contribution >= 4 is 0 Å². The highest BCUT2D eigenvalue weighted by Gasteiger charge is 2.38. The molecule has 1 saturated carbocycles. The Morgan fingerprint density at radius 3 is 2.85 bits per heavy atom. The third kappa shape index (κ3) is 2.70. The quantitative estimate of drug-likeness (QED) is 0.879. The van der Waals surface area contributed by atoms with E-state index in [1.165, 1.54) is 18.5 Å². The Kier molecular flexibility index (Phi) is 3.74. The average molecular weight is 271 g/mol. The van der Waals surface area contributed by atoms with Crippen LogP contribution in [0.5, 0.6) is 5.75 Å². The van der Waals surface area contributed by atoms with Gasteiger partial charge in [0.05, 0.1) is 19.1 Å². The number of nitrogens with two attached hydrogens (primary N) is 1. The summed E-state index contributed by atoms with van der Waals surface area (Å²) in [6, 6.07) is 8.03. The van der Waals surface area contributed by atoms with E-state index < -0.39 is 0 Å². The summed E-state index contributed by atoms with van der Waals surface area (Å²) in [5, 5.41) is 0. The van der Waals surface area contributed by atoms with Crippen LogP contribution in [-0.4, -0.2) is 23.2 Å². The third-order valence-corrected chi connectivity index (χ3v) is 4.05. The van der Waals surface area contributed by atoms with Gasteiger partial charge in [0.25, 0.3) is 0 Å². The highest BCUT2D eigenvalue weighted by atomic mass is 16.5. The van der Waals surface area contributed by atoms with Gasteiger partial charge in [-0.25, -0.2) is 4.98 Å². The van der Waals surface area contributed by atoms with Gasteiger partial charge < -0.3 is 15.0 Å². The zero-order valence-electron chi connectivity index (χ0n) is 11.8. The Morgan fingerprint density at radius 2 is 2.15 bits per heavy atom. The number of imidazole rings is 1. The summed E-state index contributed by atoms with van der Waals surface area (Å²) in [4.78, 5) is 4.56. The number of hydrogen-bond donors (Lipinski definition) is 1. The predicted octanol–water partition coefficient (Wildman–Crippen LogP) is 2.72. The smallest absolute Gasteiger partial charge is 0.119 e. The second kappa shape index (κ2) is 5.67. The second-order valence-corrected chi connectivity index (χ2v) is 5.44. The molecule has 106 valence electrons. The minimum absolute atomic E-state index is 0.640. The maximum absolute atomic E-state index is 5.56. The number of hydrogen-bond acceptors (Lipinski definition) is 3. The average Bonchev–Trinajstić information content (AvgIpc) is 3.11. The number of aromatic nitrogens is 2. The second-order valence-electron chi connectivity index (χ2n) is 5.44. The zero-order valence-corrected chi connectivity index (χ0v) is 11.8. The largest absolute Gasteiger partial charge is 0.497 e. The normalized spacial score (nSPS) is 20.9. The van der Waals surface area contributed by atoms with Crippen molar-refractivity contribution in [1.29, 1.82) is 0 Å². The van der Waals surface area contributed by atoms with Gasteiger partial charge in [-0.15, -0.1) is 0 Å². The maximum atomic E-state index is 5.56. The molecule has 2 atom stereocenters. The molecular formula is C16H21N3O. The topological polar surface area (TPSA) is 53.1 Å². The van der Waals surface area contributed by atoms with Crippen molar-refractivity contribution in [1.82, 2.24) is 9.55 Å². The van der Waals surface area contributed by atoms with Gasteiger partial charge >= 0.3 is 0 Å². The zero-order chi connectivity index (χ0) is 13.9. The van der Waals surface area contributed by atoms with Crippen LogP contribution in [0, 0.1) is 5.92 Å². The number of rotatable bonds is 6. The van der Waals surface area contributed by atoms with Crippen LogP contribution in [0.25, 0.3) is 5.69 Å². The highest BCUT2D eigenvalue weighted by Crippen LogP contribution is 2.49. The van der Waals surface area contributed by atoms with Crippen LogP contribution in [0.2, 0.25) is 0 Å². The Labute approximate surface area is 119 Å². The van der Waals surface area contributed by atoms with Crippen molar-refractivity contribution in [2.75, 3.05) is 13.7 Å². The molecule has 1 aromatic heterocycles. The molecule has 0 radical (unpaired) electrons. The molecule has 0 bridgehead atoms. The van der Waals surface area contributed by atoms with Gasteiger partial charge in [0.2, 0.25) is 0 Å². The Bertz CT molecular complexity index is 561. The lowest BCUT2D eigenvalue weighted by Crippen LogP contribution is -1.98. The third-order valence-electron chi connectivity index (χ3n) is 4.05. The van der Waals surface area contributed by atoms with Crippen LogP contribution < -0.4 is 10.5 Å². The van der Waals surface area contributed by atoms with E-state index in [4.69, 9.17) is 10.5 Å². The monoisotopic (exact) mass is 271 g/mol. The van der Waals surface area contributed by atoms with E-state index in [1.807, 2.05) is 30.6 Å². The van der Waals surface area contributed by atoms with Gasteiger partial charge in [-0.3, -0.25) is 0 Å². The maximum Gasteiger partial charge on any atom is 0.119 e. The van der Waals surface area contributed by atoms with Crippen molar-refractivity contribution < 1.29 is 4.74 Å². The van der Waals surface area contributed by atoms with Crippen molar-refractivity contribution in [3.05, 3.63) is 42.5 Å². The molecule has 1 fully saturated rings. The van der Waals surface area contributed by atoms with E-state index in [-0.39, 0.29) is 0 Å². The Balaban J connectivity index is 1.67. The molecule has 0 spiro atoms. The van der Waals surface area contributed by atoms with Crippen molar-refractivity contribution in [3.63, 3.8) is 0 Å². The first kappa shape index (κ1) is 13.2. The molecule has 4 heteroatoms. The molecule has 1 aliphatic carbocycles. The van der Waals surface area contributed by atoms with Crippen LogP contribution in [0.1, 0.15) is 30.9 Å². The number of benzene rings is 1. The summed E-state index contributed by atoms with van der Waals surface area (Å²) >= 11 is 0. The fourth-order valence-corrected chi connectivity index (χ4v) is 2.73. The lowest BCUT2D eigenvalue weighted by atomic mass is 10.1. The van der Waals surface area contributed by atoms with Gasteiger partial charge in [0.1, 0.15) is 5.75 Å². The Morgan fingerprint density at radius 1 is 1.35 bits per heavy atom. The van der Waals surface area contributed by atoms with Gasteiger partial charge in [0.15, 0.2) is 0 Å². The van der Waals surface area contributed by atoms with Crippen LogP contribution >= 0.6 is 0 Å². The van der Waals surface area contributed by atoms with Crippen molar-refractivity contribution in [2.45, 2.75) is 25.2 Å². The summed E-state index contributed by atoms with van der Waals surface area (Å²) < 4.78 is 7.25. The predicted molar refractivity (Wildman–Crippen MR) is 79.3 cm³/mol. The first-order valence-corrected chi connectivity index (χ1v) is 7.20. The molecule has 1 aromatic carbocycles. The molecule has 1 heterocycles. The van der Waals surface area contributed by atoms with Crippen LogP contribution in [0.4, 0.5) is 0 Å². The first-order chi connectivity index (χ1) is 9.81. The van der Waals surface area contributed by atoms with Crippen molar-refractivity contribution in [2.24, 2.45) is 11.7 Å². The fraction of sp³-hybridized carbons (Fsp3) is 0.438. The summed E-state index contributed by atoms with van der Waals surface area (Å²) in [5.74, 6) is 2.30. The summed E-state index contributed by atoms with van der Waals surface area (Å²) in [6.45, 7) is 0.795. The molecule has 2 aromatic rings. The lowest BCUT2D eigenvalue weighted by Gasteiger charge is -2.03. The lowest BCUT2D eigenvalue weighted by molar-refractivity contribution is 0.415. The molecule has 1 aliphatic rings. The van der Waals surface area contributed by atoms with E-state index in [0.717, 1.165) is 30.3 Å². The SMILES string of the molecule is COc1ccc(-n2cnc(C3CC3CCCN)c2)cc1. The highest BCUT2D eigenvalue weighted by molar-refractivity contribution is 5.38. The molecule has 2 unspecified atom stereocenters. The van der Waals surface area contributed by atoms with E-state index in [1.54, 1.807) is 7.11 Å². The van der Waals surface area contributed by atoms with Gasteiger partial charge in [-0.05, 0) is 56.0 Å². The molecule has 20 heavy (non-hydrogen) atoms. The number of nitrogens with zero attached hydrogens (tertiary/aromatic N) is 2. The summed E-state index contributed by atoms with van der Waals surface area (Å²) in [7, 11) is 1.68. The van der Waals surface area contributed by atoms with E-state index in [2.05, 4.69) is 15.7 Å². The van der Waals surface area contributed by atoms with Crippen LogP contribution in [0.15, 0.2) is 36.8 Å². The molecule has 0 aliphatic heterocycles. The van der Waals surface area contributed by atoms with Crippen LogP contribution in [-0.2, 0) is 0 Å². The van der Waals surface area contributed by atoms with E-state index in [9.17, 15) is 0 Å². The van der Waals surface area contributed by atoms with Crippen molar-refractivity contribution in [3.8, 4) is 11.4 Å². The summed E-state index contributed by atoms with van der Waals surface area (Å²) in [5.41, 5.74) is 7.89. The molecule has 0 amide bonds. The number of methoxy groups -OCH3 is 1. The van der Waals surface area contributed by atoms with Crippen LogP contribution in [0.3, 0.4) is 0 Å². The molecule has 0 saturated heterocycles. The number of ether oxygens (including phenoxy) is 1. The Hall–Kier alpha value is -1.81. The summed E-state index contributed by atoms with van der Waals surface area (Å²) in [6.07, 6.45) is 7.67. The van der Waals surface area contributed by atoms with E-state index in [0.29, 0.717) is 5.92 Å². The van der Waals surface area contributed by atoms with Gasteiger partial charge in [0, 0.05) is 17.8 Å². The minimum atomic E-state index is 0.640. The molecular weight excluding hydrogens is 250 g/mol. The van der Waals surface area contributed by atoms with E-state index >= 15 is 0 Å². The standard InChI is InChI=1S/C16H21N3O/c1-20-14-6-4-13(5-7-14)19-10-16(18-11-19)15-9-12(15)3-2-8-17/h4-7,10-12,15H,2-3,8-9,17H2,1H3. The van der Waals surface area contributed by atoms with Gasteiger partial charge in [-0.1, -0.05) is 0 Å². The minimum Gasteiger partial charge on any atom is -0.497 e. The molecule has 3 rings (SSSR count). The fourth-order valence-electron chi connectivity index (χ4n) is 2.73.